The molecule has 0 unspecified atom stereocenters. The summed E-state index contributed by atoms with van der Waals surface area (Å²) >= 11 is 6.35. The fraction of sp³-hybridized carbons (Fsp3) is 0.297. The summed E-state index contributed by atoms with van der Waals surface area (Å²) in [6, 6.07) is 29.5. The number of nitrogens with zero attached hydrogens (tertiary/aromatic N) is 2. The Kier molecular flexibility index (Phi) is 10.8. The largest absolute Gasteiger partial charge is 0.352 e. The van der Waals surface area contributed by atoms with Gasteiger partial charge in [-0.3, -0.25) is 13.9 Å². The summed E-state index contributed by atoms with van der Waals surface area (Å²) in [6.07, 6.45) is 4.13. The Hall–Kier alpha value is -4.14. The maximum Gasteiger partial charge on any atom is 0.264 e. The number of amides is 2. The third-order valence-electron chi connectivity index (χ3n) is 8.46. The number of rotatable bonds is 12. The molecular weight excluding hydrogens is 618 g/mol. The zero-order chi connectivity index (χ0) is 32.7. The molecule has 1 fully saturated rings. The summed E-state index contributed by atoms with van der Waals surface area (Å²) in [5.74, 6) is -0.752. The van der Waals surface area contributed by atoms with Gasteiger partial charge in [0.15, 0.2) is 0 Å². The van der Waals surface area contributed by atoms with Crippen LogP contribution in [0.2, 0.25) is 5.02 Å². The number of hydrogen-bond acceptors (Lipinski definition) is 4. The van der Waals surface area contributed by atoms with E-state index in [0.717, 1.165) is 42.4 Å². The lowest BCUT2D eigenvalue weighted by Crippen LogP contribution is -2.54. The van der Waals surface area contributed by atoms with Crippen molar-refractivity contribution in [3.8, 4) is 0 Å². The van der Waals surface area contributed by atoms with Crippen LogP contribution in [0.25, 0.3) is 0 Å². The van der Waals surface area contributed by atoms with Crippen LogP contribution in [0.3, 0.4) is 0 Å². The average molecular weight is 658 g/mol. The fourth-order valence-corrected chi connectivity index (χ4v) is 7.68. The van der Waals surface area contributed by atoms with Gasteiger partial charge in [-0.25, -0.2) is 8.42 Å². The molecule has 0 bridgehead atoms. The first-order valence-corrected chi connectivity index (χ1v) is 17.5. The molecule has 240 valence electrons. The molecule has 1 aliphatic rings. The quantitative estimate of drug-likeness (QED) is 0.181. The SMILES string of the molecule is Cc1ccc(C)c(N(CC(=O)N(Cc2cccc(Cl)c2)[C@H](Cc2ccccc2)C(=O)NC2CCCC2)S(=O)(=O)c2ccccc2)c1. The van der Waals surface area contributed by atoms with Crippen LogP contribution in [0, 0.1) is 13.8 Å². The van der Waals surface area contributed by atoms with Crippen molar-refractivity contribution in [3.63, 3.8) is 0 Å². The molecule has 0 spiro atoms. The first kappa shape index (κ1) is 33.2. The Labute approximate surface area is 277 Å². The molecule has 1 atom stereocenters. The molecule has 0 aromatic heterocycles. The number of carbonyl (C=O) groups is 2. The van der Waals surface area contributed by atoms with Crippen molar-refractivity contribution in [1.82, 2.24) is 10.2 Å². The van der Waals surface area contributed by atoms with E-state index in [0.29, 0.717) is 16.3 Å². The molecule has 2 amide bonds. The van der Waals surface area contributed by atoms with E-state index in [1.54, 1.807) is 42.5 Å². The molecule has 0 saturated heterocycles. The van der Waals surface area contributed by atoms with Crippen LogP contribution in [0.4, 0.5) is 5.69 Å². The number of anilines is 1. The van der Waals surface area contributed by atoms with Crippen molar-refractivity contribution >= 4 is 39.1 Å². The van der Waals surface area contributed by atoms with Crippen LogP contribution in [-0.2, 0) is 32.6 Å². The smallest absolute Gasteiger partial charge is 0.264 e. The second kappa shape index (κ2) is 15.0. The van der Waals surface area contributed by atoms with Gasteiger partial charge in [0, 0.05) is 24.0 Å². The van der Waals surface area contributed by atoms with Gasteiger partial charge in [-0.2, -0.15) is 0 Å². The molecular formula is C37H40ClN3O4S. The van der Waals surface area contributed by atoms with Crippen molar-refractivity contribution in [1.29, 1.82) is 0 Å². The molecule has 9 heteroatoms. The highest BCUT2D eigenvalue weighted by Crippen LogP contribution is 2.29. The Morgan fingerprint density at radius 3 is 2.17 bits per heavy atom. The van der Waals surface area contributed by atoms with Gasteiger partial charge in [0.05, 0.1) is 10.6 Å². The van der Waals surface area contributed by atoms with E-state index in [1.807, 2.05) is 62.4 Å². The third-order valence-corrected chi connectivity index (χ3v) is 10.5. The topological polar surface area (TPSA) is 86.8 Å². The van der Waals surface area contributed by atoms with Crippen LogP contribution in [0.5, 0.6) is 0 Å². The molecule has 4 aromatic carbocycles. The summed E-state index contributed by atoms with van der Waals surface area (Å²) in [7, 11) is -4.16. The molecule has 1 saturated carbocycles. The Bertz CT molecular complexity index is 1760. The molecule has 4 aromatic rings. The van der Waals surface area contributed by atoms with Crippen LogP contribution >= 0.6 is 11.6 Å². The van der Waals surface area contributed by atoms with Gasteiger partial charge >= 0.3 is 0 Å². The van der Waals surface area contributed by atoms with Crippen LogP contribution in [0.15, 0.2) is 108 Å². The van der Waals surface area contributed by atoms with Gasteiger partial charge < -0.3 is 10.2 Å². The van der Waals surface area contributed by atoms with E-state index < -0.39 is 28.5 Å². The number of halogens is 1. The zero-order valence-corrected chi connectivity index (χ0v) is 27.8. The molecule has 46 heavy (non-hydrogen) atoms. The van der Waals surface area contributed by atoms with E-state index in [2.05, 4.69) is 5.32 Å². The second-order valence-electron chi connectivity index (χ2n) is 12.0. The Morgan fingerprint density at radius 1 is 0.848 bits per heavy atom. The minimum atomic E-state index is -4.16. The minimum absolute atomic E-state index is 0.0406. The van der Waals surface area contributed by atoms with Gasteiger partial charge in [0.2, 0.25) is 11.8 Å². The molecule has 0 radical (unpaired) electrons. The Morgan fingerprint density at radius 2 is 1.50 bits per heavy atom. The maximum atomic E-state index is 14.7. The minimum Gasteiger partial charge on any atom is -0.352 e. The standard InChI is InChI=1S/C37H40ClN3O4S/c1-27-20-21-28(2)34(22-27)41(46(44,45)33-18-7-4-8-19-33)26-36(42)40(25-30-14-11-15-31(38)23-30)35(24-29-12-5-3-6-13-29)37(43)39-32-16-9-10-17-32/h3-8,11-15,18-23,32,35H,9-10,16-17,24-26H2,1-2H3,(H,39,43)/t35-/m1/s1. The van der Waals surface area contributed by atoms with Crippen molar-refractivity contribution < 1.29 is 18.0 Å². The lowest BCUT2D eigenvalue weighted by atomic mass is 10.0. The lowest BCUT2D eigenvalue weighted by molar-refractivity contribution is -0.140. The number of aryl methyl sites for hydroxylation is 2. The molecule has 1 aliphatic carbocycles. The second-order valence-corrected chi connectivity index (χ2v) is 14.3. The molecule has 0 heterocycles. The normalized spacial score (nSPS) is 14.1. The number of carbonyl (C=O) groups excluding carboxylic acids is 2. The van der Waals surface area contributed by atoms with E-state index in [1.165, 1.54) is 21.3 Å². The van der Waals surface area contributed by atoms with Crippen molar-refractivity contribution in [2.45, 2.75) is 69.5 Å². The predicted molar refractivity (Wildman–Crippen MR) is 183 cm³/mol. The highest BCUT2D eigenvalue weighted by Gasteiger charge is 2.36. The van der Waals surface area contributed by atoms with Crippen LogP contribution < -0.4 is 9.62 Å². The summed E-state index contributed by atoms with van der Waals surface area (Å²) in [5.41, 5.74) is 3.60. The van der Waals surface area contributed by atoms with E-state index in [4.69, 9.17) is 11.6 Å². The van der Waals surface area contributed by atoms with Gasteiger partial charge in [0.25, 0.3) is 10.0 Å². The number of nitrogens with one attached hydrogen (secondary N) is 1. The van der Waals surface area contributed by atoms with Gasteiger partial charge in [0.1, 0.15) is 12.6 Å². The van der Waals surface area contributed by atoms with Crippen LogP contribution in [0.1, 0.15) is 47.9 Å². The highest BCUT2D eigenvalue weighted by molar-refractivity contribution is 7.92. The van der Waals surface area contributed by atoms with Crippen molar-refractivity contribution in [3.05, 3.63) is 130 Å². The Balaban J connectivity index is 1.58. The molecule has 0 aliphatic heterocycles. The lowest BCUT2D eigenvalue weighted by Gasteiger charge is -2.34. The average Bonchev–Trinajstić information content (AvgIpc) is 3.56. The summed E-state index contributed by atoms with van der Waals surface area (Å²) < 4.78 is 29.7. The van der Waals surface area contributed by atoms with Crippen LogP contribution in [-0.4, -0.2) is 43.8 Å². The zero-order valence-electron chi connectivity index (χ0n) is 26.2. The number of benzene rings is 4. The van der Waals surface area contributed by atoms with Gasteiger partial charge in [-0.15, -0.1) is 0 Å². The summed E-state index contributed by atoms with van der Waals surface area (Å²) in [4.78, 5) is 30.4. The van der Waals surface area contributed by atoms with Gasteiger partial charge in [-0.05, 0) is 79.3 Å². The fourth-order valence-electron chi connectivity index (χ4n) is 5.97. The van der Waals surface area contributed by atoms with E-state index >= 15 is 0 Å². The number of hydrogen-bond donors (Lipinski definition) is 1. The molecule has 7 nitrogen and oxygen atoms in total. The maximum absolute atomic E-state index is 14.7. The van der Waals surface area contributed by atoms with E-state index in [-0.39, 0.29) is 29.8 Å². The summed E-state index contributed by atoms with van der Waals surface area (Å²) in [6.45, 7) is 3.28. The molecule has 1 N–H and O–H groups in total. The first-order chi connectivity index (χ1) is 22.1. The van der Waals surface area contributed by atoms with Gasteiger partial charge in [-0.1, -0.05) is 97.2 Å². The van der Waals surface area contributed by atoms with Crippen molar-refractivity contribution in [2.24, 2.45) is 0 Å². The highest BCUT2D eigenvalue weighted by atomic mass is 35.5. The third kappa shape index (κ3) is 8.17. The molecule has 5 rings (SSSR count). The first-order valence-electron chi connectivity index (χ1n) is 15.6. The monoisotopic (exact) mass is 657 g/mol. The van der Waals surface area contributed by atoms with E-state index in [9.17, 15) is 18.0 Å². The predicted octanol–water partition coefficient (Wildman–Crippen LogP) is 6.85. The van der Waals surface area contributed by atoms with Crippen molar-refractivity contribution in [2.75, 3.05) is 10.8 Å². The number of sulfonamides is 1. The summed E-state index contributed by atoms with van der Waals surface area (Å²) in [5, 5.41) is 3.70.